The van der Waals surface area contributed by atoms with Crippen LogP contribution in [0.25, 0.3) is 21.6 Å². The second-order valence-electron chi connectivity index (χ2n) is 7.62. The van der Waals surface area contributed by atoms with E-state index in [0.717, 1.165) is 48.5 Å². The van der Waals surface area contributed by atoms with Gasteiger partial charge in [-0.1, -0.05) is 76.6 Å². The lowest BCUT2D eigenvalue weighted by Crippen LogP contribution is -2.18. The minimum Gasteiger partial charge on any atom is -0.477 e. The molecule has 0 bridgehead atoms. The van der Waals surface area contributed by atoms with E-state index >= 15 is 0 Å². The molecule has 1 heterocycles. The van der Waals surface area contributed by atoms with Gasteiger partial charge in [0.15, 0.2) is 0 Å². The maximum atomic E-state index is 12.6. The first-order chi connectivity index (χ1) is 16.0. The molecule has 0 atom stereocenters. The van der Waals surface area contributed by atoms with Crippen LogP contribution in [0.2, 0.25) is 0 Å². The number of ether oxygens (including phenoxy) is 1. The van der Waals surface area contributed by atoms with E-state index in [9.17, 15) is 14.7 Å². The molecule has 1 amide bonds. The van der Waals surface area contributed by atoms with Crippen LogP contribution < -0.4 is 5.32 Å². The number of aromatic carboxylic acids is 1. The highest BCUT2D eigenvalue weighted by atomic mass is 79.9. The number of carbonyl (C=O) groups excluding carboxylic acids is 1. The Morgan fingerprint density at radius 2 is 1.61 bits per heavy atom. The summed E-state index contributed by atoms with van der Waals surface area (Å²) in [6.45, 7) is 0.158. The summed E-state index contributed by atoms with van der Waals surface area (Å²) >= 11 is 4.53. The number of benzene rings is 3. The van der Waals surface area contributed by atoms with Crippen molar-refractivity contribution in [3.63, 3.8) is 0 Å². The fraction of sp³-hybridized carbons (Fsp3) is 0.0769. The smallest absolute Gasteiger partial charge is 0.411 e. The normalized spacial score (nSPS) is 12.2. The van der Waals surface area contributed by atoms with Gasteiger partial charge in [-0.25, -0.2) is 9.59 Å². The molecule has 5 nitrogen and oxygen atoms in total. The van der Waals surface area contributed by atoms with Crippen molar-refractivity contribution >= 4 is 45.0 Å². The number of anilines is 1. The Balaban J connectivity index is 1.34. The standard InChI is InChI=1S/C26H18BrNO4S/c27-16-7-5-6-15(12-16)23-13-22(24(33-23)25(29)30)28-26(31)32-14-21-19-10-3-1-8-17(19)18-9-2-4-11-20(18)21/h1-13,21H,14H2,(H,28,31)(H,29,30). The number of rotatable bonds is 5. The molecule has 2 N–H and O–H groups in total. The fourth-order valence-corrected chi connectivity index (χ4v) is 5.52. The van der Waals surface area contributed by atoms with Crippen molar-refractivity contribution in [2.24, 2.45) is 0 Å². The van der Waals surface area contributed by atoms with Gasteiger partial charge in [0.05, 0.1) is 5.69 Å². The van der Waals surface area contributed by atoms with Crippen molar-refractivity contribution in [1.82, 2.24) is 0 Å². The predicted molar refractivity (Wildman–Crippen MR) is 133 cm³/mol. The van der Waals surface area contributed by atoms with Gasteiger partial charge in [-0.3, -0.25) is 5.32 Å². The number of nitrogens with one attached hydrogen (secondary N) is 1. The third kappa shape index (κ3) is 4.17. The van der Waals surface area contributed by atoms with Gasteiger partial charge in [-0.15, -0.1) is 11.3 Å². The third-order valence-electron chi connectivity index (χ3n) is 5.62. The molecule has 3 aromatic carbocycles. The zero-order chi connectivity index (χ0) is 22.9. The van der Waals surface area contributed by atoms with Crippen molar-refractivity contribution in [2.75, 3.05) is 11.9 Å². The maximum absolute atomic E-state index is 12.6. The highest BCUT2D eigenvalue weighted by Gasteiger charge is 2.29. The first kappa shape index (κ1) is 21.4. The molecule has 4 aromatic rings. The van der Waals surface area contributed by atoms with E-state index in [2.05, 4.69) is 33.4 Å². The molecule has 164 valence electrons. The summed E-state index contributed by atoms with van der Waals surface area (Å²) in [7, 11) is 0. The molecule has 0 fully saturated rings. The van der Waals surface area contributed by atoms with E-state index in [1.165, 1.54) is 0 Å². The third-order valence-corrected chi connectivity index (χ3v) is 7.28. The van der Waals surface area contributed by atoms with Gasteiger partial charge in [-0.2, -0.15) is 0 Å². The van der Waals surface area contributed by atoms with Gasteiger partial charge in [0.25, 0.3) is 0 Å². The van der Waals surface area contributed by atoms with Crippen LogP contribution in [0.3, 0.4) is 0 Å². The van der Waals surface area contributed by atoms with Crippen LogP contribution >= 0.6 is 27.3 Å². The Bertz CT molecular complexity index is 1330. The Labute approximate surface area is 202 Å². The summed E-state index contributed by atoms with van der Waals surface area (Å²) in [5.74, 6) is -1.17. The Morgan fingerprint density at radius 1 is 0.939 bits per heavy atom. The lowest BCUT2D eigenvalue weighted by molar-refractivity contribution is 0.0703. The molecule has 1 aliphatic carbocycles. The van der Waals surface area contributed by atoms with Crippen LogP contribution in [0.1, 0.15) is 26.7 Å². The van der Waals surface area contributed by atoms with Gasteiger partial charge in [0, 0.05) is 15.3 Å². The van der Waals surface area contributed by atoms with Gasteiger partial charge >= 0.3 is 12.1 Å². The number of carboxylic acids is 1. The van der Waals surface area contributed by atoms with Gasteiger partial charge in [0.1, 0.15) is 11.5 Å². The number of hydrogen-bond donors (Lipinski definition) is 2. The van der Waals surface area contributed by atoms with Gasteiger partial charge in [0.2, 0.25) is 0 Å². The van der Waals surface area contributed by atoms with Crippen molar-refractivity contribution in [2.45, 2.75) is 5.92 Å². The molecule has 33 heavy (non-hydrogen) atoms. The predicted octanol–water partition coefficient (Wildman–Crippen LogP) is 7.24. The zero-order valence-electron chi connectivity index (χ0n) is 17.2. The first-order valence-corrected chi connectivity index (χ1v) is 11.9. The minimum absolute atomic E-state index is 0.0542. The molecule has 0 radical (unpaired) electrons. The lowest BCUT2D eigenvalue weighted by atomic mass is 9.98. The van der Waals surface area contributed by atoms with Gasteiger partial charge < -0.3 is 9.84 Å². The van der Waals surface area contributed by atoms with E-state index in [0.29, 0.717) is 0 Å². The Morgan fingerprint density at radius 3 is 2.24 bits per heavy atom. The van der Waals surface area contributed by atoms with E-state index in [4.69, 9.17) is 4.74 Å². The maximum Gasteiger partial charge on any atom is 0.411 e. The van der Waals surface area contributed by atoms with E-state index < -0.39 is 12.1 Å². The highest BCUT2D eigenvalue weighted by molar-refractivity contribution is 9.10. The lowest BCUT2D eigenvalue weighted by Gasteiger charge is -2.14. The second-order valence-corrected chi connectivity index (χ2v) is 9.59. The minimum atomic E-state index is -1.10. The molecule has 0 aliphatic heterocycles. The molecular formula is C26H18BrNO4S. The topological polar surface area (TPSA) is 75.6 Å². The van der Waals surface area contributed by atoms with Crippen LogP contribution in [-0.4, -0.2) is 23.8 Å². The molecular weight excluding hydrogens is 502 g/mol. The molecule has 0 saturated carbocycles. The van der Waals surface area contributed by atoms with E-state index in [-0.39, 0.29) is 23.1 Å². The number of carbonyl (C=O) groups is 2. The molecule has 0 saturated heterocycles. The second kappa shape index (κ2) is 8.84. The Hall–Kier alpha value is -3.42. The largest absolute Gasteiger partial charge is 0.477 e. The average Bonchev–Trinajstić information content (AvgIpc) is 3.37. The van der Waals surface area contributed by atoms with Crippen molar-refractivity contribution in [3.8, 4) is 21.6 Å². The molecule has 0 unspecified atom stereocenters. The number of carboxylic acid groups (broad SMARTS) is 1. The summed E-state index contributed by atoms with van der Waals surface area (Å²) in [5.41, 5.74) is 5.60. The van der Waals surface area contributed by atoms with Crippen LogP contribution in [0.15, 0.2) is 83.3 Å². The number of amides is 1. The van der Waals surface area contributed by atoms with Crippen molar-refractivity contribution in [3.05, 3.63) is 99.3 Å². The molecule has 1 aromatic heterocycles. The van der Waals surface area contributed by atoms with Gasteiger partial charge in [-0.05, 0) is 46.0 Å². The van der Waals surface area contributed by atoms with Crippen LogP contribution in [0, 0.1) is 0 Å². The summed E-state index contributed by atoms with van der Waals surface area (Å²) in [6, 6.07) is 25.4. The van der Waals surface area contributed by atoms with E-state index in [1.54, 1.807) is 6.07 Å². The highest BCUT2D eigenvalue weighted by Crippen LogP contribution is 2.44. The molecule has 7 heteroatoms. The van der Waals surface area contributed by atoms with Crippen LogP contribution in [0.5, 0.6) is 0 Å². The SMILES string of the molecule is O=C(Nc1cc(-c2cccc(Br)c2)sc1C(=O)O)OCC1c2ccccc2-c2ccccc21. The number of hydrogen-bond acceptors (Lipinski definition) is 4. The summed E-state index contributed by atoms with van der Waals surface area (Å²) < 4.78 is 6.45. The Kier molecular flexibility index (Phi) is 5.74. The monoisotopic (exact) mass is 519 g/mol. The number of halogens is 1. The number of thiophene rings is 1. The molecule has 1 aliphatic rings. The van der Waals surface area contributed by atoms with Crippen molar-refractivity contribution < 1.29 is 19.4 Å². The first-order valence-electron chi connectivity index (χ1n) is 10.3. The molecule has 0 spiro atoms. The zero-order valence-corrected chi connectivity index (χ0v) is 19.7. The average molecular weight is 520 g/mol. The fourth-order valence-electron chi connectivity index (χ4n) is 4.17. The summed E-state index contributed by atoms with van der Waals surface area (Å²) in [5, 5.41) is 12.2. The van der Waals surface area contributed by atoms with E-state index in [1.807, 2.05) is 60.7 Å². The summed E-state index contributed by atoms with van der Waals surface area (Å²) in [4.78, 5) is 25.2. The van der Waals surface area contributed by atoms with Crippen LogP contribution in [-0.2, 0) is 4.74 Å². The molecule has 5 rings (SSSR count). The quantitative estimate of drug-likeness (QED) is 0.291. The van der Waals surface area contributed by atoms with Crippen LogP contribution in [0.4, 0.5) is 10.5 Å². The number of fused-ring (bicyclic) bond motifs is 3. The summed E-state index contributed by atoms with van der Waals surface area (Å²) in [6.07, 6.45) is -0.682. The van der Waals surface area contributed by atoms with Crippen molar-refractivity contribution in [1.29, 1.82) is 0 Å².